The molecule has 0 unspecified atom stereocenters. The van der Waals surface area contributed by atoms with Gasteiger partial charge in [0.2, 0.25) is 5.91 Å². The van der Waals surface area contributed by atoms with Crippen molar-refractivity contribution in [1.82, 2.24) is 10.6 Å². The second kappa shape index (κ2) is 5.90. The largest absolute Gasteiger partial charge is 0.397 e. The number of likely N-dealkylation sites (N-methyl/N-ethyl adjacent to an activating group) is 2. The van der Waals surface area contributed by atoms with Crippen molar-refractivity contribution in [3.05, 3.63) is 23.8 Å². The molecule has 0 aliphatic carbocycles. The molecule has 6 nitrogen and oxygen atoms in total. The first-order valence-electron chi connectivity index (χ1n) is 5.53. The van der Waals surface area contributed by atoms with Gasteiger partial charge in [-0.2, -0.15) is 0 Å². The minimum absolute atomic E-state index is 0.104. The highest BCUT2D eigenvalue weighted by atomic mass is 16.2. The van der Waals surface area contributed by atoms with Gasteiger partial charge in [-0.3, -0.25) is 9.59 Å². The smallest absolute Gasteiger partial charge is 0.251 e. The van der Waals surface area contributed by atoms with E-state index in [9.17, 15) is 9.59 Å². The Hall–Kier alpha value is -2.24. The Morgan fingerprint density at radius 1 is 1.28 bits per heavy atom. The zero-order valence-corrected chi connectivity index (χ0v) is 10.8. The number of amides is 2. The molecule has 0 heterocycles. The summed E-state index contributed by atoms with van der Waals surface area (Å²) in [4.78, 5) is 24.4. The number of rotatable bonds is 4. The number of carbonyl (C=O) groups excluding carboxylic acids is 2. The number of nitrogen functional groups attached to an aromatic ring is 1. The van der Waals surface area contributed by atoms with E-state index >= 15 is 0 Å². The van der Waals surface area contributed by atoms with Crippen LogP contribution in [0.3, 0.4) is 0 Å². The molecule has 1 rings (SSSR count). The normalized spacial score (nSPS) is 9.72. The number of hydrogen-bond acceptors (Lipinski definition) is 4. The maximum absolute atomic E-state index is 11.4. The van der Waals surface area contributed by atoms with Crippen LogP contribution < -0.4 is 21.3 Å². The Labute approximate surface area is 106 Å². The SMILES string of the molecule is CNC(=O)CN(C)c1ccc(C(=O)NC)cc1N. The molecule has 0 aliphatic heterocycles. The monoisotopic (exact) mass is 250 g/mol. The summed E-state index contributed by atoms with van der Waals surface area (Å²) in [5.41, 5.74) is 7.55. The van der Waals surface area contributed by atoms with E-state index in [0.717, 1.165) is 0 Å². The third-order valence-electron chi connectivity index (χ3n) is 2.59. The van der Waals surface area contributed by atoms with Gasteiger partial charge in [0.05, 0.1) is 17.9 Å². The summed E-state index contributed by atoms with van der Waals surface area (Å²) in [5, 5.41) is 5.06. The Kier molecular flexibility index (Phi) is 4.53. The molecule has 0 spiro atoms. The number of anilines is 2. The molecular formula is C12H18N4O2. The molecule has 0 aromatic heterocycles. The van der Waals surface area contributed by atoms with E-state index in [4.69, 9.17) is 5.73 Å². The van der Waals surface area contributed by atoms with Gasteiger partial charge < -0.3 is 21.3 Å². The van der Waals surface area contributed by atoms with E-state index in [0.29, 0.717) is 16.9 Å². The van der Waals surface area contributed by atoms with E-state index in [2.05, 4.69) is 10.6 Å². The fraction of sp³-hybridized carbons (Fsp3) is 0.333. The van der Waals surface area contributed by atoms with Crippen LogP contribution in [0.5, 0.6) is 0 Å². The van der Waals surface area contributed by atoms with Crippen molar-refractivity contribution in [2.45, 2.75) is 0 Å². The lowest BCUT2D eigenvalue weighted by Crippen LogP contribution is -2.33. The average molecular weight is 250 g/mol. The van der Waals surface area contributed by atoms with Crippen LogP contribution in [-0.4, -0.2) is 39.5 Å². The van der Waals surface area contributed by atoms with Gasteiger partial charge in [-0.15, -0.1) is 0 Å². The average Bonchev–Trinajstić information content (AvgIpc) is 2.37. The molecule has 98 valence electrons. The van der Waals surface area contributed by atoms with Crippen molar-refractivity contribution in [1.29, 1.82) is 0 Å². The van der Waals surface area contributed by atoms with Gasteiger partial charge in [0.25, 0.3) is 5.91 Å². The first kappa shape index (κ1) is 13.8. The van der Waals surface area contributed by atoms with Crippen molar-refractivity contribution in [2.24, 2.45) is 0 Å². The van der Waals surface area contributed by atoms with Crippen LogP contribution in [0.1, 0.15) is 10.4 Å². The molecule has 1 aromatic rings. The van der Waals surface area contributed by atoms with E-state index in [1.54, 1.807) is 44.2 Å². The molecule has 4 N–H and O–H groups in total. The maximum Gasteiger partial charge on any atom is 0.251 e. The predicted molar refractivity (Wildman–Crippen MR) is 71.6 cm³/mol. The second-order valence-corrected chi connectivity index (χ2v) is 3.88. The summed E-state index contributed by atoms with van der Waals surface area (Å²) in [5.74, 6) is -0.297. The molecule has 0 fully saturated rings. The quantitative estimate of drug-likeness (QED) is 0.646. The van der Waals surface area contributed by atoms with Gasteiger partial charge in [-0.05, 0) is 18.2 Å². The Bertz CT molecular complexity index is 459. The number of carbonyl (C=O) groups is 2. The van der Waals surface area contributed by atoms with Crippen LogP contribution in [-0.2, 0) is 4.79 Å². The standard InChI is InChI=1S/C12H18N4O2/c1-14-11(17)7-16(3)10-5-4-8(6-9(10)13)12(18)15-2/h4-6H,7,13H2,1-3H3,(H,14,17)(H,15,18). The molecule has 0 saturated carbocycles. The molecule has 0 atom stereocenters. The van der Waals surface area contributed by atoms with Crippen molar-refractivity contribution in [2.75, 3.05) is 38.3 Å². The number of nitrogens with zero attached hydrogens (tertiary/aromatic N) is 1. The van der Waals surface area contributed by atoms with Crippen LogP contribution in [0.25, 0.3) is 0 Å². The summed E-state index contributed by atoms with van der Waals surface area (Å²) in [6.45, 7) is 0.208. The summed E-state index contributed by atoms with van der Waals surface area (Å²) in [6, 6.07) is 4.99. The van der Waals surface area contributed by atoms with Gasteiger partial charge in [0.15, 0.2) is 0 Å². The molecule has 2 amide bonds. The number of hydrogen-bond donors (Lipinski definition) is 3. The van der Waals surface area contributed by atoms with E-state index < -0.39 is 0 Å². The van der Waals surface area contributed by atoms with E-state index in [-0.39, 0.29) is 18.4 Å². The molecular weight excluding hydrogens is 232 g/mol. The van der Waals surface area contributed by atoms with Crippen molar-refractivity contribution in [3.8, 4) is 0 Å². The van der Waals surface area contributed by atoms with Crippen LogP contribution in [0, 0.1) is 0 Å². The van der Waals surface area contributed by atoms with E-state index in [1.807, 2.05) is 0 Å². The second-order valence-electron chi connectivity index (χ2n) is 3.88. The van der Waals surface area contributed by atoms with Crippen LogP contribution >= 0.6 is 0 Å². The molecule has 0 radical (unpaired) electrons. The molecule has 18 heavy (non-hydrogen) atoms. The lowest BCUT2D eigenvalue weighted by Gasteiger charge is -2.20. The Morgan fingerprint density at radius 2 is 1.94 bits per heavy atom. The van der Waals surface area contributed by atoms with Crippen molar-refractivity contribution < 1.29 is 9.59 Å². The summed E-state index contributed by atoms with van der Waals surface area (Å²) >= 11 is 0. The van der Waals surface area contributed by atoms with Crippen molar-refractivity contribution in [3.63, 3.8) is 0 Å². The highest BCUT2D eigenvalue weighted by Crippen LogP contribution is 2.23. The van der Waals surface area contributed by atoms with Gasteiger partial charge >= 0.3 is 0 Å². The van der Waals surface area contributed by atoms with Gasteiger partial charge in [0.1, 0.15) is 0 Å². The van der Waals surface area contributed by atoms with E-state index in [1.165, 1.54) is 0 Å². The number of nitrogens with one attached hydrogen (secondary N) is 2. The predicted octanol–water partition coefficient (Wildman–Crippen LogP) is -0.189. The fourth-order valence-electron chi connectivity index (χ4n) is 1.57. The Morgan fingerprint density at radius 3 is 2.44 bits per heavy atom. The van der Waals surface area contributed by atoms with Crippen LogP contribution in [0.4, 0.5) is 11.4 Å². The fourth-order valence-corrected chi connectivity index (χ4v) is 1.57. The number of benzene rings is 1. The molecule has 0 saturated heterocycles. The van der Waals surface area contributed by atoms with Gasteiger partial charge in [-0.25, -0.2) is 0 Å². The third kappa shape index (κ3) is 3.13. The summed E-state index contributed by atoms with van der Waals surface area (Å²) in [7, 11) is 4.90. The highest BCUT2D eigenvalue weighted by molar-refractivity contribution is 5.96. The zero-order valence-electron chi connectivity index (χ0n) is 10.8. The first-order valence-corrected chi connectivity index (χ1v) is 5.53. The lowest BCUT2D eigenvalue weighted by molar-refractivity contribution is -0.119. The molecule has 6 heteroatoms. The van der Waals surface area contributed by atoms with Crippen LogP contribution in [0.2, 0.25) is 0 Å². The van der Waals surface area contributed by atoms with Crippen molar-refractivity contribution >= 4 is 23.2 Å². The number of nitrogens with two attached hydrogens (primary N) is 1. The minimum Gasteiger partial charge on any atom is -0.397 e. The maximum atomic E-state index is 11.4. The highest BCUT2D eigenvalue weighted by Gasteiger charge is 2.11. The molecule has 0 aliphatic rings. The minimum atomic E-state index is -0.192. The summed E-state index contributed by atoms with van der Waals surface area (Å²) in [6.07, 6.45) is 0. The van der Waals surface area contributed by atoms with Crippen LogP contribution in [0.15, 0.2) is 18.2 Å². The lowest BCUT2D eigenvalue weighted by atomic mass is 10.1. The third-order valence-corrected chi connectivity index (χ3v) is 2.59. The Balaban J connectivity index is 2.91. The molecule has 1 aromatic carbocycles. The first-order chi connectivity index (χ1) is 8.49. The summed E-state index contributed by atoms with van der Waals surface area (Å²) < 4.78 is 0. The topological polar surface area (TPSA) is 87.5 Å². The van der Waals surface area contributed by atoms with Gasteiger partial charge in [-0.1, -0.05) is 0 Å². The zero-order chi connectivity index (χ0) is 13.7. The molecule has 0 bridgehead atoms. The van der Waals surface area contributed by atoms with Gasteiger partial charge in [0, 0.05) is 26.7 Å².